The fourth-order valence-electron chi connectivity index (χ4n) is 3.36. The molecule has 6 nitrogen and oxygen atoms in total. The molecule has 1 aliphatic heterocycles. The van der Waals surface area contributed by atoms with Gasteiger partial charge in [-0.05, 0) is 41.7 Å². The van der Waals surface area contributed by atoms with Crippen molar-refractivity contribution in [3.8, 4) is 0 Å². The highest BCUT2D eigenvalue weighted by Gasteiger charge is 2.25. The van der Waals surface area contributed by atoms with Crippen LogP contribution < -0.4 is 0 Å². The highest BCUT2D eigenvalue weighted by atomic mass is 16.7. The molecule has 0 radical (unpaired) electrons. The predicted molar refractivity (Wildman–Crippen MR) is 102 cm³/mol. The SMILES string of the molecule is COCC(=O)OCOC(=O)N1CCC(c2cccc(CC(C)(C)C)c2)CC1. The van der Waals surface area contributed by atoms with Crippen LogP contribution in [0.4, 0.5) is 4.79 Å². The molecule has 27 heavy (non-hydrogen) atoms. The number of carbonyl (C=O) groups is 2. The molecule has 1 fully saturated rings. The quantitative estimate of drug-likeness (QED) is 0.558. The Morgan fingerprint density at radius 2 is 1.85 bits per heavy atom. The van der Waals surface area contributed by atoms with Crippen molar-refractivity contribution in [2.75, 3.05) is 33.6 Å². The molecule has 2 rings (SSSR count). The first-order valence-electron chi connectivity index (χ1n) is 9.43. The van der Waals surface area contributed by atoms with Crippen molar-refractivity contribution in [1.29, 1.82) is 0 Å². The molecular formula is C21H31NO5. The van der Waals surface area contributed by atoms with Crippen LogP contribution in [-0.2, 0) is 25.4 Å². The van der Waals surface area contributed by atoms with E-state index in [0.717, 1.165) is 19.3 Å². The topological polar surface area (TPSA) is 65.1 Å². The summed E-state index contributed by atoms with van der Waals surface area (Å²) in [7, 11) is 1.40. The summed E-state index contributed by atoms with van der Waals surface area (Å²) in [6.45, 7) is 7.48. The summed E-state index contributed by atoms with van der Waals surface area (Å²) < 4.78 is 14.4. The molecule has 0 N–H and O–H groups in total. The average molecular weight is 377 g/mol. The van der Waals surface area contributed by atoms with E-state index < -0.39 is 12.1 Å². The third-order valence-electron chi connectivity index (χ3n) is 4.57. The monoisotopic (exact) mass is 377 g/mol. The Labute approximate surface area is 161 Å². The maximum atomic E-state index is 12.1. The minimum absolute atomic E-state index is 0.156. The lowest BCUT2D eigenvalue weighted by atomic mass is 9.84. The first-order valence-corrected chi connectivity index (χ1v) is 9.43. The number of benzene rings is 1. The normalized spacial score (nSPS) is 15.5. The molecule has 0 spiro atoms. The highest BCUT2D eigenvalue weighted by molar-refractivity contribution is 5.71. The summed E-state index contributed by atoms with van der Waals surface area (Å²) in [4.78, 5) is 24.9. The number of piperidine rings is 1. The summed E-state index contributed by atoms with van der Waals surface area (Å²) in [6.07, 6.45) is 2.41. The Kier molecular flexibility index (Phi) is 7.66. The number of hydrogen-bond donors (Lipinski definition) is 0. The minimum Gasteiger partial charge on any atom is -0.426 e. The van der Waals surface area contributed by atoms with Gasteiger partial charge in [-0.2, -0.15) is 0 Å². The first-order chi connectivity index (χ1) is 12.8. The molecular weight excluding hydrogens is 346 g/mol. The van der Waals surface area contributed by atoms with E-state index in [4.69, 9.17) is 9.47 Å². The standard InChI is InChI=1S/C21H31NO5/c1-21(2,3)13-16-6-5-7-18(12-16)17-8-10-22(11-9-17)20(24)27-15-26-19(23)14-25-4/h5-7,12,17H,8-11,13-15H2,1-4H3. The van der Waals surface area contributed by atoms with Crippen molar-refractivity contribution in [1.82, 2.24) is 4.90 Å². The van der Waals surface area contributed by atoms with Gasteiger partial charge in [-0.3, -0.25) is 0 Å². The van der Waals surface area contributed by atoms with Gasteiger partial charge in [0.25, 0.3) is 0 Å². The molecule has 0 bridgehead atoms. The number of ether oxygens (including phenoxy) is 3. The van der Waals surface area contributed by atoms with E-state index in [0.29, 0.717) is 19.0 Å². The van der Waals surface area contributed by atoms with E-state index in [1.807, 2.05) is 0 Å². The van der Waals surface area contributed by atoms with Crippen molar-refractivity contribution < 1.29 is 23.8 Å². The number of rotatable bonds is 6. The van der Waals surface area contributed by atoms with Gasteiger partial charge in [0.05, 0.1) is 0 Å². The van der Waals surface area contributed by atoms with Crippen LogP contribution >= 0.6 is 0 Å². The van der Waals surface area contributed by atoms with Gasteiger partial charge in [0.1, 0.15) is 6.61 Å². The van der Waals surface area contributed by atoms with E-state index in [2.05, 4.69) is 49.8 Å². The summed E-state index contributed by atoms with van der Waals surface area (Å²) in [6, 6.07) is 8.80. The zero-order chi connectivity index (χ0) is 19.9. The van der Waals surface area contributed by atoms with Gasteiger partial charge < -0.3 is 19.1 Å². The molecule has 1 amide bonds. The van der Waals surface area contributed by atoms with Crippen LogP contribution in [0.5, 0.6) is 0 Å². The van der Waals surface area contributed by atoms with Crippen molar-refractivity contribution in [3.05, 3.63) is 35.4 Å². The van der Waals surface area contributed by atoms with Crippen LogP contribution in [0.1, 0.15) is 50.7 Å². The number of amides is 1. The molecule has 1 aromatic carbocycles. The molecule has 1 aromatic rings. The number of likely N-dealkylation sites (tertiary alicyclic amines) is 1. The second kappa shape index (κ2) is 9.74. The molecule has 0 saturated carbocycles. The van der Waals surface area contributed by atoms with Crippen LogP contribution in [0.25, 0.3) is 0 Å². The molecule has 0 atom stereocenters. The van der Waals surface area contributed by atoms with Crippen LogP contribution in [0.2, 0.25) is 0 Å². The molecule has 6 heteroatoms. The van der Waals surface area contributed by atoms with Gasteiger partial charge in [-0.25, -0.2) is 9.59 Å². The lowest BCUT2D eigenvalue weighted by Crippen LogP contribution is -2.38. The van der Waals surface area contributed by atoms with Gasteiger partial charge in [-0.1, -0.05) is 45.0 Å². The number of carbonyl (C=O) groups excluding carboxylic acids is 2. The molecule has 1 aliphatic rings. The van der Waals surface area contributed by atoms with Crippen molar-refractivity contribution in [2.45, 2.75) is 46.0 Å². The van der Waals surface area contributed by atoms with Crippen LogP contribution in [0.15, 0.2) is 24.3 Å². The summed E-state index contributed by atoms with van der Waals surface area (Å²) >= 11 is 0. The molecule has 0 unspecified atom stereocenters. The van der Waals surface area contributed by atoms with Gasteiger partial charge in [0.2, 0.25) is 6.79 Å². The van der Waals surface area contributed by atoms with Gasteiger partial charge in [0.15, 0.2) is 0 Å². The number of hydrogen-bond acceptors (Lipinski definition) is 5. The molecule has 1 heterocycles. The van der Waals surface area contributed by atoms with Gasteiger partial charge in [-0.15, -0.1) is 0 Å². The smallest absolute Gasteiger partial charge is 0.412 e. The van der Waals surface area contributed by atoms with Crippen LogP contribution in [0, 0.1) is 5.41 Å². The maximum Gasteiger partial charge on any atom is 0.412 e. The molecule has 0 aliphatic carbocycles. The summed E-state index contributed by atoms with van der Waals surface area (Å²) in [5.74, 6) is -0.104. The first kappa shape index (κ1) is 21.2. The van der Waals surface area contributed by atoms with Crippen LogP contribution in [-0.4, -0.2) is 50.6 Å². The number of esters is 1. The largest absolute Gasteiger partial charge is 0.426 e. The third-order valence-corrected chi connectivity index (χ3v) is 4.57. The molecule has 1 saturated heterocycles. The van der Waals surface area contributed by atoms with E-state index in [-0.39, 0.29) is 18.8 Å². The van der Waals surface area contributed by atoms with Crippen molar-refractivity contribution in [3.63, 3.8) is 0 Å². The molecule has 0 aromatic heterocycles. The minimum atomic E-state index is -0.556. The second-order valence-corrected chi connectivity index (χ2v) is 8.22. The van der Waals surface area contributed by atoms with Crippen LogP contribution in [0.3, 0.4) is 0 Å². The number of methoxy groups -OCH3 is 1. The second-order valence-electron chi connectivity index (χ2n) is 8.22. The van der Waals surface area contributed by atoms with E-state index in [1.165, 1.54) is 18.2 Å². The summed E-state index contributed by atoms with van der Waals surface area (Å²) in [5.41, 5.74) is 2.97. The Morgan fingerprint density at radius 1 is 1.15 bits per heavy atom. The third kappa shape index (κ3) is 7.21. The van der Waals surface area contributed by atoms with E-state index >= 15 is 0 Å². The van der Waals surface area contributed by atoms with Gasteiger partial charge >= 0.3 is 12.1 Å². The maximum absolute atomic E-state index is 12.1. The fourth-order valence-corrected chi connectivity index (χ4v) is 3.36. The average Bonchev–Trinajstić information content (AvgIpc) is 2.61. The van der Waals surface area contributed by atoms with E-state index in [1.54, 1.807) is 4.90 Å². The molecule has 150 valence electrons. The predicted octanol–water partition coefficient (Wildman–Crippen LogP) is 3.74. The van der Waals surface area contributed by atoms with Crippen molar-refractivity contribution in [2.24, 2.45) is 5.41 Å². The highest BCUT2D eigenvalue weighted by Crippen LogP contribution is 2.30. The summed E-state index contributed by atoms with van der Waals surface area (Å²) in [5, 5.41) is 0. The zero-order valence-corrected chi connectivity index (χ0v) is 16.8. The lowest BCUT2D eigenvalue weighted by Gasteiger charge is -2.31. The number of nitrogens with zero attached hydrogens (tertiary/aromatic N) is 1. The van der Waals surface area contributed by atoms with Crippen molar-refractivity contribution >= 4 is 12.1 Å². The van der Waals surface area contributed by atoms with Gasteiger partial charge in [0, 0.05) is 20.2 Å². The Balaban J connectivity index is 1.80. The lowest BCUT2D eigenvalue weighted by molar-refractivity contribution is -0.156. The Morgan fingerprint density at radius 3 is 2.48 bits per heavy atom. The fraction of sp³-hybridized carbons (Fsp3) is 0.619. The Hall–Kier alpha value is -2.08. The zero-order valence-electron chi connectivity index (χ0n) is 16.8. The van der Waals surface area contributed by atoms with E-state index in [9.17, 15) is 9.59 Å². The Bertz CT molecular complexity index is 630.